The van der Waals surface area contributed by atoms with Gasteiger partial charge in [0.05, 0.1) is 5.69 Å². The predicted octanol–water partition coefficient (Wildman–Crippen LogP) is 2.51. The molecule has 1 aromatic carbocycles. The van der Waals surface area contributed by atoms with Crippen LogP contribution < -0.4 is 15.0 Å². The highest BCUT2D eigenvalue weighted by molar-refractivity contribution is 6.00. The van der Waals surface area contributed by atoms with Crippen molar-refractivity contribution >= 4 is 11.6 Å². The van der Waals surface area contributed by atoms with Gasteiger partial charge in [0, 0.05) is 12.6 Å². The van der Waals surface area contributed by atoms with Gasteiger partial charge in [0.15, 0.2) is 6.10 Å². The van der Waals surface area contributed by atoms with Crippen LogP contribution >= 0.6 is 0 Å². The molecule has 3 rings (SSSR count). The summed E-state index contributed by atoms with van der Waals surface area (Å²) in [5.74, 6) is 0.926. The molecule has 0 radical (unpaired) electrons. The van der Waals surface area contributed by atoms with Crippen LogP contribution in [0.25, 0.3) is 0 Å². The molecule has 1 aromatic rings. The summed E-state index contributed by atoms with van der Waals surface area (Å²) in [7, 11) is 0. The maximum Gasteiger partial charge on any atom is 0.268 e. The van der Waals surface area contributed by atoms with Gasteiger partial charge in [0.2, 0.25) is 0 Å². The molecule has 2 atom stereocenters. The van der Waals surface area contributed by atoms with Crippen molar-refractivity contribution in [3.05, 3.63) is 23.8 Å². The minimum absolute atomic E-state index is 0.0867. The number of hydrogen-bond acceptors (Lipinski definition) is 3. The lowest BCUT2D eigenvalue weighted by Gasteiger charge is -2.33. The summed E-state index contributed by atoms with van der Waals surface area (Å²) < 4.78 is 5.84. The first kappa shape index (κ1) is 14.4. The van der Waals surface area contributed by atoms with E-state index in [1.165, 1.54) is 18.4 Å². The molecule has 21 heavy (non-hydrogen) atoms. The Morgan fingerprint density at radius 3 is 2.90 bits per heavy atom. The molecular weight excluding hydrogens is 264 g/mol. The van der Waals surface area contributed by atoms with Crippen LogP contribution in [0.2, 0.25) is 0 Å². The highest BCUT2D eigenvalue weighted by atomic mass is 16.5. The quantitative estimate of drug-likeness (QED) is 0.925. The molecule has 2 heterocycles. The fraction of sp³-hybridized carbons (Fsp3) is 0.588. The van der Waals surface area contributed by atoms with Crippen LogP contribution in [0.5, 0.6) is 5.75 Å². The van der Waals surface area contributed by atoms with Gasteiger partial charge in [0.1, 0.15) is 5.75 Å². The van der Waals surface area contributed by atoms with Gasteiger partial charge in [0.25, 0.3) is 5.91 Å². The fourth-order valence-corrected chi connectivity index (χ4v) is 3.30. The molecule has 0 spiro atoms. The number of amides is 1. The molecule has 0 aliphatic carbocycles. The van der Waals surface area contributed by atoms with Gasteiger partial charge in [-0.3, -0.25) is 4.79 Å². The van der Waals surface area contributed by atoms with E-state index in [4.69, 9.17) is 4.74 Å². The number of anilines is 1. The summed E-state index contributed by atoms with van der Waals surface area (Å²) in [5, 5.41) is 3.52. The summed E-state index contributed by atoms with van der Waals surface area (Å²) in [5.41, 5.74) is 2.21. The SMILES string of the molecule is CCC1Oc2ccc(CC3CCCN3)cc2N(CC)C1=O. The van der Waals surface area contributed by atoms with Crippen molar-refractivity contribution in [1.29, 1.82) is 0 Å². The molecule has 2 aliphatic heterocycles. The molecule has 0 bridgehead atoms. The second-order valence-electron chi connectivity index (χ2n) is 5.90. The van der Waals surface area contributed by atoms with Crippen LogP contribution in [0.15, 0.2) is 18.2 Å². The lowest BCUT2D eigenvalue weighted by atomic mass is 10.0. The lowest BCUT2D eigenvalue weighted by Crippen LogP contribution is -2.45. The summed E-state index contributed by atoms with van der Waals surface area (Å²) in [6.45, 7) is 5.82. The monoisotopic (exact) mass is 288 g/mol. The Labute approximate surface area is 126 Å². The number of likely N-dealkylation sites (N-methyl/N-ethyl adjacent to an activating group) is 1. The average molecular weight is 288 g/mol. The van der Waals surface area contributed by atoms with E-state index >= 15 is 0 Å². The van der Waals surface area contributed by atoms with Gasteiger partial charge in [-0.05, 0) is 56.8 Å². The molecule has 114 valence electrons. The van der Waals surface area contributed by atoms with Crippen molar-refractivity contribution in [1.82, 2.24) is 5.32 Å². The van der Waals surface area contributed by atoms with Gasteiger partial charge in [-0.1, -0.05) is 13.0 Å². The lowest BCUT2D eigenvalue weighted by molar-refractivity contribution is -0.126. The Hall–Kier alpha value is -1.55. The van der Waals surface area contributed by atoms with Crippen LogP contribution in [-0.2, 0) is 11.2 Å². The maximum atomic E-state index is 12.4. The van der Waals surface area contributed by atoms with Crippen molar-refractivity contribution in [2.45, 2.75) is 51.7 Å². The van der Waals surface area contributed by atoms with Crippen molar-refractivity contribution in [3.8, 4) is 5.75 Å². The van der Waals surface area contributed by atoms with Crippen molar-refractivity contribution in [2.24, 2.45) is 0 Å². The second kappa shape index (κ2) is 6.06. The number of rotatable bonds is 4. The summed E-state index contributed by atoms with van der Waals surface area (Å²) in [6.07, 6.45) is 3.90. The molecule has 2 aliphatic rings. The molecule has 1 saturated heterocycles. The molecule has 2 unspecified atom stereocenters. The number of hydrogen-bond donors (Lipinski definition) is 1. The number of carbonyl (C=O) groups excluding carboxylic acids is 1. The van der Waals surface area contributed by atoms with Crippen LogP contribution in [0, 0.1) is 0 Å². The van der Waals surface area contributed by atoms with E-state index < -0.39 is 0 Å². The standard InChI is InChI=1S/C17H24N2O2/c1-3-15-17(20)19(4-2)14-11-12(7-8-16(14)21-15)10-13-6-5-9-18-13/h7-8,11,13,15,18H,3-6,9-10H2,1-2H3. The Morgan fingerprint density at radius 1 is 1.38 bits per heavy atom. The van der Waals surface area contributed by atoms with Gasteiger partial charge in [-0.15, -0.1) is 0 Å². The molecule has 1 N–H and O–H groups in total. The minimum Gasteiger partial charge on any atom is -0.478 e. The molecule has 0 aromatic heterocycles. The highest BCUT2D eigenvalue weighted by Gasteiger charge is 2.32. The van der Waals surface area contributed by atoms with E-state index in [1.807, 2.05) is 24.8 Å². The van der Waals surface area contributed by atoms with E-state index in [2.05, 4.69) is 17.4 Å². The van der Waals surface area contributed by atoms with Crippen molar-refractivity contribution in [3.63, 3.8) is 0 Å². The summed E-state index contributed by atoms with van der Waals surface area (Å²) >= 11 is 0. The third kappa shape index (κ3) is 2.77. The third-order valence-corrected chi connectivity index (χ3v) is 4.46. The van der Waals surface area contributed by atoms with Crippen LogP contribution in [-0.4, -0.2) is 31.1 Å². The van der Waals surface area contributed by atoms with E-state index in [0.29, 0.717) is 19.0 Å². The van der Waals surface area contributed by atoms with Crippen LogP contribution in [0.4, 0.5) is 5.69 Å². The largest absolute Gasteiger partial charge is 0.478 e. The van der Waals surface area contributed by atoms with E-state index in [0.717, 1.165) is 24.4 Å². The number of ether oxygens (including phenoxy) is 1. The molecule has 1 fully saturated rings. The average Bonchev–Trinajstić information content (AvgIpc) is 3.00. The number of benzene rings is 1. The van der Waals surface area contributed by atoms with Crippen LogP contribution in [0.1, 0.15) is 38.7 Å². The van der Waals surface area contributed by atoms with Gasteiger partial charge in [-0.2, -0.15) is 0 Å². The number of fused-ring (bicyclic) bond motifs is 1. The molecule has 1 amide bonds. The van der Waals surface area contributed by atoms with E-state index in [-0.39, 0.29) is 12.0 Å². The van der Waals surface area contributed by atoms with E-state index in [9.17, 15) is 4.79 Å². The van der Waals surface area contributed by atoms with Crippen molar-refractivity contribution in [2.75, 3.05) is 18.0 Å². The summed E-state index contributed by atoms with van der Waals surface area (Å²) in [6, 6.07) is 6.86. The molecule has 0 saturated carbocycles. The molecule has 4 nitrogen and oxygen atoms in total. The Morgan fingerprint density at radius 2 is 2.24 bits per heavy atom. The number of nitrogens with one attached hydrogen (secondary N) is 1. The topological polar surface area (TPSA) is 41.6 Å². The highest BCUT2D eigenvalue weighted by Crippen LogP contribution is 2.35. The number of nitrogens with zero attached hydrogens (tertiary/aromatic N) is 1. The predicted molar refractivity (Wildman–Crippen MR) is 83.9 cm³/mol. The zero-order valence-electron chi connectivity index (χ0n) is 12.9. The third-order valence-electron chi connectivity index (χ3n) is 4.46. The number of carbonyl (C=O) groups is 1. The smallest absolute Gasteiger partial charge is 0.268 e. The van der Waals surface area contributed by atoms with Gasteiger partial charge < -0.3 is 15.0 Å². The Kier molecular flexibility index (Phi) is 4.15. The minimum atomic E-state index is -0.334. The zero-order valence-corrected chi connectivity index (χ0v) is 12.9. The zero-order chi connectivity index (χ0) is 14.8. The molecule has 4 heteroatoms. The Bertz CT molecular complexity index is 524. The first-order valence-electron chi connectivity index (χ1n) is 8.07. The fourth-order valence-electron chi connectivity index (χ4n) is 3.30. The molecular formula is C17H24N2O2. The maximum absolute atomic E-state index is 12.4. The first-order valence-corrected chi connectivity index (χ1v) is 8.07. The first-order chi connectivity index (χ1) is 10.2. The van der Waals surface area contributed by atoms with E-state index in [1.54, 1.807) is 0 Å². The second-order valence-corrected chi connectivity index (χ2v) is 5.90. The van der Waals surface area contributed by atoms with Gasteiger partial charge >= 0.3 is 0 Å². The Balaban J connectivity index is 1.86. The normalized spacial score (nSPS) is 24.9. The van der Waals surface area contributed by atoms with Gasteiger partial charge in [-0.25, -0.2) is 0 Å². The summed E-state index contributed by atoms with van der Waals surface area (Å²) in [4.78, 5) is 14.3. The van der Waals surface area contributed by atoms with Crippen LogP contribution in [0.3, 0.4) is 0 Å². The van der Waals surface area contributed by atoms with Crippen molar-refractivity contribution < 1.29 is 9.53 Å².